The van der Waals surface area contributed by atoms with E-state index in [2.05, 4.69) is 30.6 Å². The van der Waals surface area contributed by atoms with Gasteiger partial charge in [-0.15, -0.1) is 0 Å². The molecule has 0 fully saturated rings. The molecule has 0 spiro atoms. The van der Waals surface area contributed by atoms with Crippen molar-refractivity contribution in [1.29, 1.82) is 0 Å². The number of hydrogen-bond donors (Lipinski definition) is 1. The molecule has 3 aromatic rings. The Kier molecular flexibility index (Phi) is 3.60. The van der Waals surface area contributed by atoms with Crippen LogP contribution in [0.1, 0.15) is 0 Å². The SMILES string of the molecule is O=S(=O)(Nc1ncc(Br)cn1)c1cccc2ccccc12. The Morgan fingerprint density at radius 1 is 0.952 bits per heavy atom. The first kappa shape index (κ1) is 14.0. The summed E-state index contributed by atoms with van der Waals surface area (Å²) in [4.78, 5) is 8.04. The van der Waals surface area contributed by atoms with E-state index in [1.54, 1.807) is 24.3 Å². The van der Waals surface area contributed by atoms with E-state index in [-0.39, 0.29) is 10.8 Å². The molecule has 3 rings (SSSR count). The van der Waals surface area contributed by atoms with Gasteiger partial charge in [-0.05, 0) is 27.4 Å². The normalized spacial score (nSPS) is 11.5. The summed E-state index contributed by atoms with van der Waals surface area (Å²) in [6.45, 7) is 0. The average molecular weight is 364 g/mol. The minimum atomic E-state index is -3.74. The summed E-state index contributed by atoms with van der Waals surface area (Å²) >= 11 is 3.20. The highest BCUT2D eigenvalue weighted by Crippen LogP contribution is 2.24. The third kappa shape index (κ3) is 2.88. The van der Waals surface area contributed by atoms with Gasteiger partial charge in [0.1, 0.15) is 0 Å². The van der Waals surface area contributed by atoms with Gasteiger partial charge in [0.2, 0.25) is 5.95 Å². The molecule has 0 aliphatic heterocycles. The van der Waals surface area contributed by atoms with Crippen molar-refractivity contribution in [2.24, 2.45) is 0 Å². The third-order valence-corrected chi connectivity index (χ3v) is 4.68. The summed E-state index contributed by atoms with van der Waals surface area (Å²) in [5, 5.41) is 1.52. The second-order valence-corrected chi connectivity index (χ2v) is 6.87. The Labute approximate surface area is 130 Å². The smallest absolute Gasteiger partial charge is 0.247 e. The first-order valence-corrected chi connectivity index (χ1v) is 8.32. The van der Waals surface area contributed by atoms with E-state index in [0.717, 1.165) is 5.39 Å². The molecule has 106 valence electrons. The molecule has 0 bridgehead atoms. The van der Waals surface area contributed by atoms with Crippen molar-refractivity contribution in [3.63, 3.8) is 0 Å². The third-order valence-electron chi connectivity index (χ3n) is 2.89. The number of aromatic nitrogens is 2. The van der Waals surface area contributed by atoms with Crippen molar-refractivity contribution in [1.82, 2.24) is 9.97 Å². The van der Waals surface area contributed by atoms with E-state index >= 15 is 0 Å². The molecule has 0 aliphatic rings. The minimum absolute atomic E-state index is 0.0335. The van der Waals surface area contributed by atoms with Crippen LogP contribution in [-0.2, 0) is 10.0 Å². The molecule has 0 atom stereocenters. The van der Waals surface area contributed by atoms with Crippen LogP contribution < -0.4 is 4.72 Å². The second kappa shape index (κ2) is 5.42. The zero-order chi connectivity index (χ0) is 14.9. The van der Waals surface area contributed by atoms with Crippen molar-refractivity contribution in [2.75, 3.05) is 4.72 Å². The lowest BCUT2D eigenvalue weighted by molar-refractivity contribution is 0.601. The van der Waals surface area contributed by atoms with Crippen LogP contribution in [0.15, 0.2) is 64.2 Å². The number of sulfonamides is 1. The number of benzene rings is 2. The van der Waals surface area contributed by atoms with Crippen molar-refractivity contribution in [3.05, 3.63) is 59.3 Å². The Morgan fingerprint density at radius 2 is 1.62 bits per heavy atom. The van der Waals surface area contributed by atoms with Gasteiger partial charge in [-0.2, -0.15) is 0 Å². The van der Waals surface area contributed by atoms with Crippen molar-refractivity contribution < 1.29 is 8.42 Å². The maximum Gasteiger partial charge on any atom is 0.264 e. The van der Waals surface area contributed by atoms with E-state index in [1.807, 2.05) is 18.2 Å². The van der Waals surface area contributed by atoms with Crippen LogP contribution in [0, 0.1) is 0 Å². The zero-order valence-electron chi connectivity index (χ0n) is 10.7. The van der Waals surface area contributed by atoms with E-state index in [1.165, 1.54) is 12.4 Å². The minimum Gasteiger partial charge on any atom is -0.247 e. The summed E-state index contributed by atoms with van der Waals surface area (Å²) in [6, 6.07) is 12.4. The highest BCUT2D eigenvalue weighted by atomic mass is 79.9. The Balaban J connectivity index is 2.06. The number of hydrogen-bond acceptors (Lipinski definition) is 4. The molecule has 0 aliphatic carbocycles. The molecule has 7 heteroatoms. The highest BCUT2D eigenvalue weighted by Gasteiger charge is 2.18. The van der Waals surface area contributed by atoms with Crippen LogP contribution in [0.3, 0.4) is 0 Å². The van der Waals surface area contributed by atoms with Gasteiger partial charge in [0.05, 0.1) is 9.37 Å². The van der Waals surface area contributed by atoms with E-state index in [9.17, 15) is 8.42 Å². The van der Waals surface area contributed by atoms with Gasteiger partial charge in [0.25, 0.3) is 10.0 Å². The van der Waals surface area contributed by atoms with Crippen LogP contribution in [0.4, 0.5) is 5.95 Å². The number of nitrogens with one attached hydrogen (secondary N) is 1. The lowest BCUT2D eigenvalue weighted by Gasteiger charge is -2.09. The van der Waals surface area contributed by atoms with Crippen molar-refractivity contribution in [3.8, 4) is 0 Å². The van der Waals surface area contributed by atoms with Gasteiger partial charge in [-0.25, -0.2) is 23.1 Å². The van der Waals surface area contributed by atoms with E-state index < -0.39 is 10.0 Å². The molecular formula is C14H10BrN3O2S. The molecule has 5 nitrogen and oxygen atoms in total. The maximum absolute atomic E-state index is 12.5. The molecule has 0 saturated carbocycles. The van der Waals surface area contributed by atoms with E-state index in [0.29, 0.717) is 9.86 Å². The molecule has 0 unspecified atom stereocenters. The Hall–Kier alpha value is -1.99. The summed E-state index contributed by atoms with van der Waals surface area (Å²) in [6.07, 6.45) is 2.96. The summed E-state index contributed by atoms with van der Waals surface area (Å²) < 4.78 is 28.1. The molecule has 1 aromatic heterocycles. The topological polar surface area (TPSA) is 72.0 Å². The van der Waals surface area contributed by atoms with Crippen LogP contribution >= 0.6 is 15.9 Å². The molecule has 1 N–H and O–H groups in total. The second-order valence-electron chi connectivity index (χ2n) is 4.31. The predicted octanol–water partition coefficient (Wildman–Crippen LogP) is 3.19. The summed E-state index contributed by atoms with van der Waals surface area (Å²) in [5.74, 6) is 0.0335. The van der Waals surface area contributed by atoms with Gasteiger partial charge in [-0.1, -0.05) is 36.4 Å². The average Bonchev–Trinajstić information content (AvgIpc) is 2.49. The monoisotopic (exact) mass is 363 g/mol. The van der Waals surface area contributed by atoms with Gasteiger partial charge in [0, 0.05) is 17.8 Å². The fourth-order valence-electron chi connectivity index (χ4n) is 1.97. The number of nitrogens with zero attached hydrogens (tertiary/aromatic N) is 2. The molecule has 0 saturated heterocycles. The van der Waals surface area contributed by atoms with Crippen LogP contribution in [-0.4, -0.2) is 18.4 Å². The fourth-order valence-corrected chi connectivity index (χ4v) is 3.36. The summed E-state index contributed by atoms with van der Waals surface area (Å²) in [7, 11) is -3.74. The van der Waals surface area contributed by atoms with Gasteiger partial charge >= 0.3 is 0 Å². The molecule has 2 aromatic carbocycles. The predicted molar refractivity (Wildman–Crippen MR) is 84.5 cm³/mol. The standard InChI is InChI=1S/C14H10BrN3O2S/c15-11-8-16-14(17-9-11)18-21(19,20)13-7-3-5-10-4-1-2-6-12(10)13/h1-9H,(H,16,17,18). The van der Waals surface area contributed by atoms with Crippen LogP contribution in [0.25, 0.3) is 10.8 Å². The van der Waals surface area contributed by atoms with Gasteiger partial charge in [-0.3, -0.25) is 0 Å². The Bertz CT molecular complexity index is 890. The van der Waals surface area contributed by atoms with Crippen molar-refractivity contribution in [2.45, 2.75) is 4.90 Å². The lowest BCUT2D eigenvalue weighted by atomic mass is 10.1. The quantitative estimate of drug-likeness (QED) is 0.775. The van der Waals surface area contributed by atoms with Crippen LogP contribution in [0.2, 0.25) is 0 Å². The number of fused-ring (bicyclic) bond motifs is 1. The van der Waals surface area contributed by atoms with E-state index in [4.69, 9.17) is 0 Å². The lowest BCUT2D eigenvalue weighted by Crippen LogP contribution is -2.15. The highest BCUT2D eigenvalue weighted by molar-refractivity contribution is 9.10. The number of halogens is 1. The number of rotatable bonds is 3. The Morgan fingerprint density at radius 3 is 2.38 bits per heavy atom. The molecule has 1 heterocycles. The van der Waals surface area contributed by atoms with Gasteiger partial charge < -0.3 is 0 Å². The molecule has 21 heavy (non-hydrogen) atoms. The molecule has 0 amide bonds. The van der Waals surface area contributed by atoms with Crippen molar-refractivity contribution >= 4 is 42.7 Å². The summed E-state index contributed by atoms with van der Waals surface area (Å²) in [5.41, 5.74) is 0. The van der Waals surface area contributed by atoms with Crippen LogP contribution in [0.5, 0.6) is 0 Å². The maximum atomic E-state index is 12.5. The van der Waals surface area contributed by atoms with Gasteiger partial charge in [0.15, 0.2) is 0 Å². The zero-order valence-corrected chi connectivity index (χ0v) is 13.1. The first-order chi connectivity index (χ1) is 10.1. The molecular weight excluding hydrogens is 354 g/mol. The largest absolute Gasteiger partial charge is 0.264 e. The first-order valence-electron chi connectivity index (χ1n) is 6.04. The fraction of sp³-hybridized carbons (Fsp3) is 0. The molecule has 0 radical (unpaired) electrons. The number of anilines is 1.